The second kappa shape index (κ2) is 7.11. The summed E-state index contributed by atoms with van der Waals surface area (Å²) in [5, 5.41) is 7.06. The maximum Gasteiger partial charge on any atom is 0.191 e. The second-order valence-corrected chi connectivity index (χ2v) is 6.05. The number of hydrogen-bond donors (Lipinski definition) is 2. The van der Waals surface area contributed by atoms with E-state index in [-0.39, 0.29) is 24.0 Å². The fourth-order valence-corrected chi connectivity index (χ4v) is 3.29. The van der Waals surface area contributed by atoms with Gasteiger partial charge in [0.25, 0.3) is 0 Å². The molecule has 0 spiro atoms. The fraction of sp³-hybridized carbons (Fsp3) is 0.929. The summed E-state index contributed by atoms with van der Waals surface area (Å²) in [5.41, 5.74) is 0. The molecule has 2 saturated carbocycles. The number of guanidine groups is 1. The first-order chi connectivity index (χ1) is 8.85. The van der Waals surface area contributed by atoms with Crippen LogP contribution in [0.25, 0.3) is 0 Å². The Bertz CT molecular complexity index is 311. The summed E-state index contributed by atoms with van der Waals surface area (Å²) >= 11 is 0. The van der Waals surface area contributed by atoms with Crippen LogP contribution >= 0.6 is 24.0 Å². The highest BCUT2D eigenvalue weighted by atomic mass is 127. The number of hydrogen-bond acceptors (Lipinski definition) is 2. The molecule has 1 unspecified atom stereocenters. The largest absolute Gasteiger partial charge is 0.354 e. The van der Waals surface area contributed by atoms with Crippen LogP contribution in [0.1, 0.15) is 44.9 Å². The molecule has 5 heteroatoms. The number of nitrogens with zero attached hydrogens (tertiary/aromatic N) is 2. The summed E-state index contributed by atoms with van der Waals surface area (Å²) in [5.74, 6) is 1.01. The van der Waals surface area contributed by atoms with Gasteiger partial charge in [-0.25, -0.2) is 0 Å². The van der Waals surface area contributed by atoms with Gasteiger partial charge in [-0.2, -0.15) is 0 Å². The minimum Gasteiger partial charge on any atom is -0.354 e. The Labute approximate surface area is 133 Å². The van der Waals surface area contributed by atoms with Crippen LogP contribution in [0.15, 0.2) is 4.99 Å². The lowest BCUT2D eigenvalue weighted by Crippen LogP contribution is -2.45. The standard InChI is InChI=1S/C14H26N4.HI/c1-15-14(16-11-6-7-11)17-12-8-9-18(10-12)13-4-2-3-5-13;/h11-13H,2-10H2,1H3,(H2,15,16,17);1H. The van der Waals surface area contributed by atoms with Gasteiger partial charge in [0.15, 0.2) is 5.96 Å². The highest BCUT2D eigenvalue weighted by Crippen LogP contribution is 2.26. The summed E-state index contributed by atoms with van der Waals surface area (Å²) in [7, 11) is 1.88. The molecule has 1 atom stereocenters. The van der Waals surface area contributed by atoms with Gasteiger partial charge in [-0.3, -0.25) is 9.89 Å². The van der Waals surface area contributed by atoms with Crippen molar-refractivity contribution in [2.24, 2.45) is 4.99 Å². The number of aliphatic imine (C=N–C) groups is 1. The van der Waals surface area contributed by atoms with Gasteiger partial charge in [0.2, 0.25) is 0 Å². The van der Waals surface area contributed by atoms with Crippen LogP contribution in [-0.4, -0.2) is 49.1 Å². The monoisotopic (exact) mass is 378 g/mol. The quantitative estimate of drug-likeness (QED) is 0.448. The van der Waals surface area contributed by atoms with E-state index >= 15 is 0 Å². The topological polar surface area (TPSA) is 39.7 Å². The van der Waals surface area contributed by atoms with E-state index in [1.54, 1.807) is 0 Å². The van der Waals surface area contributed by atoms with E-state index in [0.717, 1.165) is 12.0 Å². The lowest BCUT2D eigenvalue weighted by atomic mass is 10.2. The fourth-order valence-electron chi connectivity index (χ4n) is 3.29. The van der Waals surface area contributed by atoms with Gasteiger partial charge >= 0.3 is 0 Å². The van der Waals surface area contributed by atoms with Crippen molar-refractivity contribution in [2.45, 2.75) is 63.1 Å². The van der Waals surface area contributed by atoms with E-state index < -0.39 is 0 Å². The van der Waals surface area contributed by atoms with Gasteiger partial charge < -0.3 is 10.6 Å². The molecule has 1 heterocycles. The molecule has 19 heavy (non-hydrogen) atoms. The molecule has 0 radical (unpaired) electrons. The van der Waals surface area contributed by atoms with Crippen LogP contribution in [0.5, 0.6) is 0 Å². The molecule has 1 saturated heterocycles. The Morgan fingerprint density at radius 3 is 2.32 bits per heavy atom. The van der Waals surface area contributed by atoms with Gasteiger partial charge in [0.1, 0.15) is 0 Å². The Morgan fingerprint density at radius 2 is 1.68 bits per heavy atom. The number of rotatable bonds is 3. The maximum absolute atomic E-state index is 4.33. The Hall–Kier alpha value is -0.0400. The van der Waals surface area contributed by atoms with Crippen LogP contribution in [-0.2, 0) is 0 Å². The van der Waals surface area contributed by atoms with Gasteiger partial charge in [-0.05, 0) is 32.1 Å². The van der Waals surface area contributed by atoms with Crippen LogP contribution in [0.3, 0.4) is 0 Å². The molecule has 4 nitrogen and oxygen atoms in total. The zero-order valence-electron chi connectivity index (χ0n) is 11.9. The summed E-state index contributed by atoms with van der Waals surface area (Å²) in [6, 6.07) is 2.15. The normalized spacial score (nSPS) is 29.3. The molecule has 2 N–H and O–H groups in total. The highest BCUT2D eigenvalue weighted by Gasteiger charge is 2.31. The zero-order chi connectivity index (χ0) is 12.4. The molecule has 0 aromatic rings. The Kier molecular flexibility index (Phi) is 5.74. The Balaban J connectivity index is 0.00000133. The minimum atomic E-state index is 0. The molecule has 3 rings (SSSR count). The minimum absolute atomic E-state index is 0. The Morgan fingerprint density at radius 1 is 1.00 bits per heavy atom. The van der Waals surface area contributed by atoms with Crippen molar-refractivity contribution in [1.82, 2.24) is 15.5 Å². The third-order valence-corrected chi connectivity index (χ3v) is 4.54. The summed E-state index contributed by atoms with van der Waals surface area (Å²) in [6.07, 6.45) is 9.58. The highest BCUT2D eigenvalue weighted by molar-refractivity contribution is 14.0. The van der Waals surface area contributed by atoms with Crippen molar-refractivity contribution in [3.05, 3.63) is 0 Å². The van der Waals surface area contributed by atoms with Crippen molar-refractivity contribution in [1.29, 1.82) is 0 Å². The van der Waals surface area contributed by atoms with Crippen LogP contribution in [0.2, 0.25) is 0 Å². The lowest BCUT2D eigenvalue weighted by molar-refractivity contribution is 0.242. The molecule has 0 amide bonds. The van der Waals surface area contributed by atoms with Crippen molar-refractivity contribution in [3.8, 4) is 0 Å². The van der Waals surface area contributed by atoms with Gasteiger partial charge in [0.05, 0.1) is 0 Å². The van der Waals surface area contributed by atoms with Gasteiger partial charge in [0, 0.05) is 38.3 Å². The first kappa shape index (κ1) is 15.4. The van der Waals surface area contributed by atoms with E-state index in [4.69, 9.17) is 0 Å². The number of likely N-dealkylation sites (tertiary alicyclic amines) is 1. The first-order valence-electron chi connectivity index (χ1n) is 7.59. The average molecular weight is 378 g/mol. The number of halogens is 1. The number of nitrogens with one attached hydrogen (secondary N) is 2. The molecule has 2 aliphatic carbocycles. The van der Waals surface area contributed by atoms with E-state index in [1.165, 1.54) is 58.0 Å². The second-order valence-electron chi connectivity index (χ2n) is 6.05. The van der Waals surface area contributed by atoms with E-state index in [1.807, 2.05) is 7.05 Å². The summed E-state index contributed by atoms with van der Waals surface area (Å²) in [6.45, 7) is 2.47. The van der Waals surface area contributed by atoms with Crippen molar-refractivity contribution < 1.29 is 0 Å². The van der Waals surface area contributed by atoms with E-state index in [2.05, 4.69) is 20.5 Å². The molecule has 3 aliphatic rings. The molecule has 0 aromatic heterocycles. The zero-order valence-corrected chi connectivity index (χ0v) is 14.2. The molecule has 0 aromatic carbocycles. The molecular weight excluding hydrogens is 351 g/mol. The molecular formula is C14H27IN4. The third kappa shape index (κ3) is 4.21. The smallest absolute Gasteiger partial charge is 0.191 e. The third-order valence-electron chi connectivity index (χ3n) is 4.54. The van der Waals surface area contributed by atoms with Crippen molar-refractivity contribution in [2.75, 3.05) is 20.1 Å². The maximum atomic E-state index is 4.33. The van der Waals surface area contributed by atoms with Crippen molar-refractivity contribution >= 4 is 29.9 Å². The predicted molar refractivity (Wildman–Crippen MR) is 90.3 cm³/mol. The van der Waals surface area contributed by atoms with Crippen molar-refractivity contribution in [3.63, 3.8) is 0 Å². The predicted octanol–water partition coefficient (Wildman–Crippen LogP) is 1.95. The lowest BCUT2D eigenvalue weighted by Gasteiger charge is -2.24. The average Bonchev–Trinajstić information content (AvgIpc) is 2.87. The summed E-state index contributed by atoms with van der Waals surface area (Å²) in [4.78, 5) is 7.02. The molecule has 110 valence electrons. The molecule has 3 fully saturated rings. The van der Waals surface area contributed by atoms with Gasteiger partial charge in [-0.1, -0.05) is 12.8 Å². The first-order valence-corrected chi connectivity index (χ1v) is 7.59. The SMILES string of the molecule is CN=C(NC1CC1)NC1CCN(C2CCCC2)C1.I. The van der Waals surface area contributed by atoms with Crippen LogP contribution < -0.4 is 10.6 Å². The van der Waals surface area contributed by atoms with Gasteiger partial charge in [-0.15, -0.1) is 24.0 Å². The van der Waals surface area contributed by atoms with Crippen LogP contribution in [0, 0.1) is 0 Å². The van der Waals surface area contributed by atoms with Crippen LogP contribution in [0.4, 0.5) is 0 Å². The van der Waals surface area contributed by atoms with E-state index in [0.29, 0.717) is 12.1 Å². The molecule has 1 aliphatic heterocycles. The van der Waals surface area contributed by atoms with E-state index in [9.17, 15) is 0 Å². The summed E-state index contributed by atoms with van der Waals surface area (Å²) < 4.78 is 0. The molecule has 0 bridgehead atoms.